The summed E-state index contributed by atoms with van der Waals surface area (Å²) in [6.07, 6.45) is -0.859. The van der Waals surface area contributed by atoms with Gasteiger partial charge in [-0.3, -0.25) is 4.79 Å². The number of rotatable bonds is 4. The van der Waals surface area contributed by atoms with E-state index in [4.69, 9.17) is 11.6 Å². The van der Waals surface area contributed by atoms with Gasteiger partial charge in [-0.25, -0.2) is 0 Å². The first kappa shape index (κ1) is 13.2. The molecule has 0 spiro atoms. The Morgan fingerprint density at radius 1 is 1.31 bits per heavy atom. The molecule has 88 valence electrons. The van der Waals surface area contributed by atoms with Crippen LogP contribution >= 0.6 is 11.6 Å². The molecule has 16 heavy (non-hydrogen) atoms. The Morgan fingerprint density at radius 2 is 1.81 bits per heavy atom. The van der Waals surface area contributed by atoms with Crippen molar-refractivity contribution in [3.05, 3.63) is 35.9 Å². The van der Waals surface area contributed by atoms with Gasteiger partial charge in [-0.1, -0.05) is 44.2 Å². The maximum atomic E-state index is 12.1. The lowest BCUT2D eigenvalue weighted by molar-refractivity contribution is 0.0631. The second-order valence-corrected chi connectivity index (χ2v) is 5.24. The largest absolute Gasteiger partial charge is 0.391 e. The number of hydrogen-bond donors (Lipinski definition) is 1. The van der Waals surface area contributed by atoms with Crippen LogP contribution in [0.25, 0.3) is 0 Å². The second-order valence-electron chi connectivity index (χ2n) is 4.46. The minimum absolute atomic E-state index is 0.0600. The zero-order valence-electron chi connectivity index (χ0n) is 9.77. The van der Waals surface area contributed by atoms with E-state index in [-0.39, 0.29) is 11.7 Å². The van der Waals surface area contributed by atoms with Gasteiger partial charge in [-0.05, 0) is 12.8 Å². The average molecular weight is 241 g/mol. The molecule has 0 aliphatic rings. The van der Waals surface area contributed by atoms with E-state index in [1.165, 1.54) is 0 Å². The SMILES string of the molecule is CC(C)[C@H](O)[C@](C)(Cl)C(=O)c1ccccc1. The van der Waals surface area contributed by atoms with Gasteiger partial charge in [0.1, 0.15) is 4.87 Å². The summed E-state index contributed by atoms with van der Waals surface area (Å²) >= 11 is 6.17. The Labute approximate surface area is 101 Å². The van der Waals surface area contributed by atoms with E-state index in [2.05, 4.69) is 0 Å². The number of benzene rings is 1. The van der Waals surface area contributed by atoms with Gasteiger partial charge in [0, 0.05) is 5.56 Å². The first-order valence-corrected chi connectivity index (χ1v) is 5.72. The molecule has 2 atom stereocenters. The lowest BCUT2D eigenvalue weighted by Gasteiger charge is -2.29. The molecule has 0 bridgehead atoms. The van der Waals surface area contributed by atoms with Crippen LogP contribution in [0.4, 0.5) is 0 Å². The Kier molecular flexibility index (Phi) is 4.11. The van der Waals surface area contributed by atoms with Crippen LogP contribution in [-0.2, 0) is 0 Å². The predicted molar refractivity (Wildman–Crippen MR) is 65.9 cm³/mol. The van der Waals surface area contributed by atoms with E-state index < -0.39 is 11.0 Å². The summed E-state index contributed by atoms with van der Waals surface area (Å²) in [4.78, 5) is 10.9. The van der Waals surface area contributed by atoms with Crippen LogP contribution in [0.1, 0.15) is 31.1 Å². The van der Waals surface area contributed by atoms with E-state index in [9.17, 15) is 9.90 Å². The molecular formula is C13H17ClO2. The summed E-state index contributed by atoms with van der Waals surface area (Å²) in [7, 11) is 0. The fourth-order valence-corrected chi connectivity index (χ4v) is 1.99. The highest BCUT2D eigenvalue weighted by Crippen LogP contribution is 2.28. The fraction of sp³-hybridized carbons (Fsp3) is 0.462. The monoisotopic (exact) mass is 240 g/mol. The number of Topliss-reactive ketones (excluding diaryl/α,β-unsaturated/α-hetero) is 1. The summed E-state index contributed by atoms with van der Waals surface area (Å²) < 4.78 is 0. The number of carbonyl (C=O) groups is 1. The van der Waals surface area contributed by atoms with Gasteiger partial charge < -0.3 is 5.11 Å². The minimum atomic E-state index is -1.27. The smallest absolute Gasteiger partial charge is 0.186 e. The van der Waals surface area contributed by atoms with Crippen molar-refractivity contribution < 1.29 is 9.90 Å². The molecule has 1 N–H and O–H groups in total. The van der Waals surface area contributed by atoms with Gasteiger partial charge in [-0.2, -0.15) is 0 Å². The van der Waals surface area contributed by atoms with E-state index in [1.807, 2.05) is 19.9 Å². The molecule has 0 saturated carbocycles. The summed E-state index contributed by atoms with van der Waals surface area (Å²) in [6.45, 7) is 5.24. The average Bonchev–Trinajstić information content (AvgIpc) is 2.28. The summed E-state index contributed by atoms with van der Waals surface area (Å²) in [5.74, 6) is -0.300. The van der Waals surface area contributed by atoms with Crippen LogP contribution in [0, 0.1) is 5.92 Å². The number of alkyl halides is 1. The van der Waals surface area contributed by atoms with E-state index in [1.54, 1.807) is 31.2 Å². The van der Waals surface area contributed by atoms with Gasteiger partial charge >= 0.3 is 0 Å². The first-order valence-electron chi connectivity index (χ1n) is 5.34. The van der Waals surface area contributed by atoms with Crippen molar-refractivity contribution in [3.63, 3.8) is 0 Å². The molecule has 0 radical (unpaired) electrons. The summed E-state index contributed by atoms with van der Waals surface area (Å²) in [6, 6.07) is 8.80. The van der Waals surface area contributed by atoms with Crippen LogP contribution in [0.15, 0.2) is 30.3 Å². The number of aliphatic hydroxyl groups excluding tert-OH is 1. The summed E-state index contributed by atoms with van der Waals surface area (Å²) in [5, 5.41) is 9.93. The highest BCUT2D eigenvalue weighted by molar-refractivity contribution is 6.38. The topological polar surface area (TPSA) is 37.3 Å². The van der Waals surface area contributed by atoms with Crippen molar-refractivity contribution in [3.8, 4) is 0 Å². The molecule has 0 heterocycles. The third kappa shape index (κ3) is 2.63. The standard InChI is InChI=1S/C13H17ClO2/c1-9(2)11(15)13(3,14)12(16)10-7-5-4-6-8-10/h4-9,11,15H,1-3H3/t11-,13-/m0/s1. The third-order valence-electron chi connectivity index (χ3n) is 2.67. The third-order valence-corrected chi connectivity index (χ3v) is 3.06. The van der Waals surface area contributed by atoms with Gasteiger partial charge in [-0.15, -0.1) is 11.6 Å². The molecule has 1 aromatic carbocycles. The highest BCUT2D eigenvalue weighted by atomic mass is 35.5. The number of halogens is 1. The minimum Gasteiger partial charge on any atom is -0.391 e. The molecule has 0 aliphatic carbocycles. The Morgan fingerprint density at radius 3 is 2.25 bits per heavy atom. The van der Waals surface area contributed by atoms with Gasteiger partial charge in [0.15, 0.2) is 5.78 Å². The number of carbonyl (C=O) groups excluding carboxylic acids is 1. The van der Waals surface area contributed by atoms with Crippen molar-refractivity contribution in [2.75, 3.05) is 0 Å². The van der Waals surface area contributed by atoms with Crippen molar-refractivity contribution in [1.82, 2.24) is 0 Å². The normalized spacial score (nSPS) is 16.9. The number of aliphatic hydroxyl groups is 1. The van der Waals surface area contributed by atoms with Crippen molar-refractivity contribution in [1.29, 1.82) is 0 Å². The molecule has 0 fully saturated rings. The molecule has 1 rings (SSSR count). The Bertz CT molecular complexity index is 357. The zero-order valence-corrected chi connectivity index (χ0v) is 10.5. The van der Waals surface area contributed by atoms with E-state index in [0.717, 1.165) is 0 Å². The van der Waals surface area contributed by atoms with Crippen LogP contribution < -0.4 is 0 Å². The molecular weight excluding hydrogens is 224 g/mol. The maximum Gasteiger partial charge on any atom is 0.186 e. The predicted octanol–water partition coefficient (Wildman–Crippen LogP) is 2.88. The number of ketones is 1. The van der Waals surface area contributed by atoms with Crippen molar-refractivity contribution >= 4 is 17.4 Å². The van der Waals surface area contributed by atoms with Crippen LogP contribution in [-0.4, -0.2) is 21.9 Å². The van der Waals surface area contributed by atoms with E-state index in [0.29, 0.717) is 5.56 Å². The van der Waals surface area contributed by atoms with Crippen molar-refractivity contribution in [2.45, 2.75) is 31.7 Å². The molecule has 1 aromatic rings. The van der Waals surface area contributed by atoms with Gasteiger partial charge in [0.05, 0.1) is 6.10 Å². The molecule has 0 unspecified atom stereocenters. The van der Waals surface area contributed by atoms with Gasteiger partial charge in [0.25, 0.3) is 0 Å². The maximum absolute atomic E-state index is 12.1. The van der Waals surface area contributed by atoms with Crippen LogP contribution in [0.2, 0.25) is 0 Å². The molecule has 0 saturated heterocycles. The Balaban J connectivity index is 2.97. The lowest BCUT2D eigenvalue weighted by Crippen LogP contribution is -2.44. The highest BCUT2D eigenvalue weighted by Gasteiger charge is 2.40. The lowest BCUT2D eigenvalue weighted by atomic mass is 9.87. The van der Waals surface area contributed by atoms with Gasteiger partial charge in [0.2, 0.25) is 0 Å². The molecule has 3 heteroatoms. The Hall–Kier alpha value is -0.860. The fourth-order valence-electron chi connectivity index (χ4n) is 1.63. The molecule has 0 aromatic heterocycles. The zero-order chi connectivity index (χ0) is 12.3. The summed E-state index contributed by atoms with van der Waals surface area (Å²) in [5.41, 5.74) is 0.528. The molecule has 0 aliphatic heterocycles. The van der Waals surface area contributed by atoms with Crippen LogP contribution in [0.3, 0.4) is 0 Å². The first-order chi connectivity index (χ1) is 7.37. The molecule has 0 amide bonds. The van der Waals surface area contributed by atoms with Crippen LogP contribution in [0.5, 0.6) is 0 Å². The number of hydrogen-bond acceptors (Lipinski definition) is 2. The quantitative estimate of drug-likeness (QED) is 0.649. The van der Waals surface area contributed by atoms with Crippen molar-refractivity contribution in [2.24, 2.45) is 5.92 Å². The second kappa shape index (κ2) is 4.98. The molecule has 2 nitrogen and oxygen atoms in total. The van der Waals surface area contributed by atoms with E-state index >= 15 is 0 Å².